The number of aromatic nitrogens is 4. The van der Waals surface area contributed by atoms with E-state index in [0.717, 1.165) is 23.4 Å². The molecule has 2 aromatic heterocycles. The summed E-state index contributed by atoms with van der Waals surface area (Å²) in [5.74, 6) is 1.34. The molecule has 20 heavy (non-hydrogen) atoms. The maximum Gasteiger partial charge on any atom is 0.222 e. The van der Waals surface area contributed by atoms with Gasteiger partial charge in [-0.15, -0.1) is 6.58 Å². The van der Waals surface area contributed by atoms with Crippen LogP contribution in [0.3, 0.4) is 0 Å². The molecule has 108 valence electrons. The van der Waals surface area contributed by atoms with Gasteiger partial charge in [-0.1, -0.05) is 25.8 Å². The molecule has 2 N–H and O–H groups in total. The van der Waals surface area contributed by atoms with Crippen molar-refractivity contribution in [2.75, 3.05) is 5.73 Å². The first-order chi connectivity index (χ1) is 9.67. The number of allylic oxidation sites excluding steroid dienone is 1. The van der Waals surface area contributed by atoms with Gasteiger partial charge < -0.3 is 10.3 Å². The highest BCUT2D eigenvalue weighted by molar-refractivity contribution is 5.71. The lowest BCUT2D eigenvalue weighted by atomic mass is 10.2. The number of imidazole rings is 1. The van der Waals surface area contributed by atoms with Crippen LogP contribution in [0, 0.1) is 6.92 Å². The van der Waals surface area contributed by atoms with Crippen LogP contribution < -0.4 is 5.73 Å². The molecule has 0 aliphatic heterocycles. The van der Waals surface area contributed by atoms with E-state index in [0.29, 0.717) is 12.0 Å². The van der Waals surface area contributed by atoms with E-state index >= 15 is 0 Å². The molecule has 2 heterocycles. The van der Waals surface area contributed by atoms with Crippen molar-refractivity contribution in [3.8, 4) is 0 Å². The van der Waals surface area contributed by atoms with Gasteiger partial charge in [0.2, 0.25) is 5.95 Å². The molecule has 2 aromatic rings. The second kappa shape index (κ2) is 6.50. The summed E-state index contributed by atoms with van der Waals surface area (Å²) in [7, 11) is 0. The Morgan fingerprint density at radius 2 is 2.05 bits per heavy atom. The summed E-state index contributed by atoms with van der Waals surface area (Å²) in [4.78, 5) is 12.8. The van der Waals surface area contributed by atoms with Crippen molar-refractivity contribution in [3.05, 3.63) is 24.7 Å². The largest absolute Gasteiger partial charge is 0.368 e. The average Bonchev–Trinajstić information content (AvgIpc) is 3.05. The summed E-state index contributed by atoms with van der Waals surface area (Å²) < 4.78 is 2.22. The molecule has 1 aliphatic rings. The predicted octanol–water partition coefficient (Wildman–Crippen LogP) is 3.41. The maximum atomic E-state index is 5.64. The summed E-state index contributed by atoms with van der Waals surface area (Å²) >= 11 is 0. The van der Waals surface area contributed by atoms with Crippen LogP contribution >= 0.6 is 0 Å². The Bertz CT molecular complexity index is 581. The summed E-state index contributed by atoms with van der Waals surface area (Å²) in [5.41, 5.74) is 7.37. The third-order valence-electron chi connectivity index (χ3n) is 3.61. The van der Waals surface area contributed by atoms with Crippen molar-refractivity contribution in [1.29, 1.82) is 0 Å². The van der Waals surface area contributed by atoms with Gasteiger partial charge in [-0.25, -0.2) is 9.97 Å². The minimum absolute atomic E-state index is 0.326. The molecule has 5 nitrogen and oxygen atoms in total. The second-order valence-electron chi connectivity index (χ2n) is 5.10. The molecule has 1 saturated carbocycles. The van der Waals surface area contributed by atoms with Crippen molar-refractivity contribution in [3.63, 3.8) is 0 Å². The maximum absolute atomic E-state index is 5.64. The van der Waals surface area contributed by atoms with Gasteiger partial charge in [-0.2, -0.15) is 4.98 Å². The second-order valence-corrected chi connectivity index (χ2v) is 5.10. The first-order valence-electron chi connectivity index (χ1n) is 7.25. The van der Waals surface area contributed by atoms with Gasteiger partial charge >= 0.3 is 0 Å². The molecule has 0 unspecified atom stereocenters. The molecule has 0 atom stereocenters. The Morgan fingerprint density at radius 3 is 2.65 bits per heavy atom. The highest BCUT2D eigenvalue weighted by atomic mass is 15.2. The van der Waals surface area contributed by atoms with Gasteiger partial charge in [0.15, 0.2) is 5.65 Å². The SMILES string of the molecule is C=CCC.Cc1nc2cnc(N)nc2n1C1CCCC1. The van der Waals surface area contributed by atoms with Crippen LogP contribution in [0.15, 0.2) is 18.9 Å². The Balaban J connectivity index is 0.000000328. The number of nitrogens with two attached hydrogens (primary N) is 1. The highest BCUT2D eigenvalue weighted by Crippen LogP contribution is 2.32. The molecule has 1 aliphatic carbocycles. The fraction of sp³-hybridized carbons (Fsp3) is 0.533. The normalized spacial score (nSPS) is 15.1. The van der Waals surface area contributed by atoms with Crippen molar-refractivity contribution >= 4 is 17.1 Å². The van der Waals surface area contributed by atoms with Gasteiger partial charge in [0, 0.05) is 6.04 Å². The van der Waals surface area contributed by atoms with Gasteiger partial charge in [-0.05, 0) is 26.2 Å². The quantitative estimate of drug-likeness (QED) is 0.851. The number of nitrogen functional groups attached to an aromatic ring is 1. The first-order valence-corrected chi connectivity index (χ1v) is 7.25. The zero-order valence-electron chi connectivity index (χ0n) is 12.3. The van der Waals surface area contributed by atoms with E-state index in [9.17, 15) is 0 Å². The standard InChI is InChI=1S/C11H15N5.C4H8/c1-7-14-9-6-13-11(12)15-10(9)16(7)8-4-2-3-5-8;1-3-4-2/h6,8H,2-5H2,1H3,(H2,12,13,15);3H,1,4H2,2H3. The van der Waals surface area contributed by atoms with Crippen LogP contribution in [0.4, 0.5) is 5.95 Å². The van der Waals surface area contributed by atoms with E-state index in [4.69, 9.17) is 5.73 Å². The van der Waals surface area contributed by atoms with Crippen LogP contribution in [0.2, 0.25) is 0 Å². The molecule has 1 fully saturated rings. The molecule has 0 radical (unpaired) electrons. The van der Waals surface area contributed by atoms with E-state index in [1.165, 1.54) is 25.7 Å². The molecule has 0 bridgehead atoms. The number of aryl methyl sites for hydroxylation is 1. The fourth-order valence-corrected chi connectivity index (χ4v) is 2.62. The van der Waals surface area contributed by atoms with E-state index < -0.39 is 0 Å². The lowest BCUT2D eigenvalue weighted by Crippen LogP contribution is -2.08. The molecule has 0 spiro atoms. The minimum Gasteiger partial charge on any atom is -0.368 e. The van der Waals surface area contributed by atoms with E-state index in [2.05, 4.69) is 33.0 Å². The summed E-state index contributed by atoms with van der Waals surface area (Å²) in [5, 5.41) is 0. The van der Waals surface area contributed by atoms with Gasteiger partial charge in [-0.3, -0.25) is 0 Å². The molecular weight excluding hydrogens is 250 g/mol. The summed E-state index contributed by atoms with van der Waals surface area (Å²) in [6.07, 6.45) is 9.69. The molecule has 0 aromatic carbocycles. The van der Waals surface area contributed by atoms with Gasteiger partial charge in [0.05, 0.1) is 6.20 Å². The van der Waals surface area contributed by atoms with Crippen molar-refractivity contribution in [1.82, 2.24) is 19.5 Å². The van der Waals surface area contributed by atoms with E-state index in [1.54, 1.807) is 6.20 Å². The third-order valence-corrected chi connectivity index (χ3v) is 3.61. The zero-order valence-corrected chi connectivity index (χ0v) is 12.3. The number of nitrogens with zero attached hydrogens (tertiary/aromatic N) is 4. The lowest BCUT2D eigenvalue weighted by molar-refractivity contribution is 0.517. The molecule has 5 heteroatoms. The first kappa shape index (κ1) is 14.5. The highest BCUT2D eigenvalue weighted by Gasteiger charge is 2.21. The van der Waals surface area contributed by atoms with E-state index in [-0.39, 0.29) is 0 Å². The van der Waals surface area contributed by atoms with Crippen molar-refractivity contribution in [2.45, 2.75) is 52.0 Å². The zero-order chi connectivity index (χ0) is 14.5. The average molecular weight is 273 g/mol. The van der Waals surface area contributed by atoms with Crippen LogP contribution in [0.5, 0.6) is 0 Å². The van der Waals surface area contributed by atoms with Crippen LogP contribution in [-0.2, 0) is 0 Å². The summed E-state index contributed by atoms with van der Waals surface area (Å²) in [6.45, 7) is 7.57. The van der Waals surface area contributed by atoms with Crippen molar-refractivity contribution in [2.24, 2.45) is 0 Å². The number of fused-ring (bicyclic) bond motifs is 1. The topological polar surface area (TPSA) is 69.6 Å². The van der Waals surface area contributed by atoms with Crippen molar-refractivity contribution < 1.29 is 0 Å². The minimum atomic E-state index is 0.326. The molecule has 3 rings (SSSR count). The summed E-state index contributed by atoms with van der Waals surface area (Å²) in [6, 6.07) is 0.541. The van der Waals surface area contributed by atoms with Crippen LogP contribution in [0.25, 0.3) is 11.2 Å². The molecule has 0 saturated heterocycles. The van der Waals surface area contributed by atoms with Crippen LogP contribution in [0.1, 0.15) is 50.9 Å². The Kier molecular flexibility index (Phi) is 4.71. The smallest absolute Gasteiger partial charge is 0.222 e. The molecule has 0 amide bonds. The Labute approximate surface area is 119 Å². The number of hydrogen-bond acceptors (Lipinski definition) is 4. The van der Waals surface area contributed by atoms with E-state index in [1.807, 2.05) is 13.0 Å². The van der Waals surface area contributed by atoms with Gasteiger partial charge in [0.25, 0.3) is 0 Å². The Hall–Kier alpha value is -1.91. The predicted molar refractivity (Wildman–Crippen MR) is 82.5 cm³/mol. The Morgan fingerprint density at radius 1 is 1.40 bits per heavy atom. The number of hydrogen-bond donors (Lipinski definition) is 1. The fourth-order valence-electron chi connectivity index (χ4n) is 2.62. The van der Waals surface area contributed by atoms with Crippen LogP contribution in [-0.4, -0.2) is 19.5 Å². The van der Waals surface area contributed by atoms with Gasteiger partial charge in [0.1, 0.15) is 11.3 Å². The number of anilines is 1. The monoisotopic (exact) mass is 273 g/mol. The lowest BCUT2D eigenvalue weighted by Gasteiger charge is -2.13. The molecular formula is C15H23N5. The number of rotatable bonds is 2. The third kappa shape index (κ3) is 2.98.